The fraction of sp³-hybridized carbons (Fsp3) is 1.00. The molecule has 2 aliphatic rings. The maximum Gasteiger partial charge on any atom is 0.0223 e. The topological polar surface area (TPSA) is 15.3 Å². The summed E-state index contributed by atoms with van der Waals surface area (Å²) < 4.78 is 0. The molecule has 2 atom stereocenters. The zero-order valence-electron chi connectivity index (χ0n) is 11.8. The fourth-order valence-electron chi connectivity index (χ4n) is 3.65. The van der Waals surface area contributed by atoms with Crippen molar-refractivity contribution in [2.75, 3.05) is 19.6 Å². The molecule has 0 aromatic carbocycles. The van der Waals surface area contributed by atoms with E-state index in [1.807, 2.05) is 0 Å². The molecule has 100 valence electrons. The van der Waals surface area contributed by atoms with Gasteiger partial charge in [0, 0.05) is 31.7 Å². The normalized spacial score (nSPS) is 30.4. The summed E-state index contributed by atoms with van der Waals surface area (Å²) in [5.74, 6) is 0.959. The quantitative estimate of drug-likeness (QED) is 0.810. The highest BCUT2D eigenvalue weighted by atomic mass is 15.2. The SMILES string of the molecule is CCCC(C)N1CCNC(C2CCCCC2)C1. The molecule has 1 aliphatic heterocycles. The maximum atomic E-state index is 3.77. The Morgan fingerprint density at radius 1 is 1.24 bits per heavy atom. The number of nitrogens with zero attached hydrogens (tertiary/aromatic N) is 1. The monoisotopic (exact) mass is 238 g/mol. The lowest BCUT2D eigenvalue weighted by molar-refractivity contribution is 0.110. The Balaban J connectivity index is 1.83. The molecule has 1 aliphatic carbocycles. The molecular formula is C15H30N2. The predicted molar refractivity (Wildman–Crippen MR) is 74.3 cm³/mol. The van der Waals surface area contributed by atoms with Crippen LogP contribution in [0.5, 0.6) is 0 Å². The minimum absolute atomic E-state index is 0.781. The standard InChI is InChI=1S/C15H30N2/c1-3-7-13(2)17-11-10-16-15(12-17)14-8-5-4-6-9-14/h13-16H,3-12H2,1-2H3. The van der Waals surface area contributed by atoms with Crippen molar-refractivity contribution < 1.29 is 0 Å². The Labute approximate surface area is 107 Å². The largest absolute Gasteiger partial charge is 0.311 e. The van der Waals surface area contributed by atoms with Crippen molar-refractivity contribution in [1.82, 2.24) is 10.2 Å². The molecule has 2 heteroatoms. The molecule has 2 nitrogen and oxygen atoms in total. The second kappa shape index (κ2) is 6.75. The Morgan fingerprint density at radius 3 is 2.71 bits per heavy atom. The van der Waals surface area contributed by atoms with Gasteiger partial charge in [-0.15, -0.1) is 0 Å². The summed E-state index contributed by atoms with van der Waals surface area (Å²) in [5, 5.41) is 3.77. The van der Waals surface area contributed by atoms with E-state index in [9.17, 15) is 0 Å². The summed E-state index contributed by atoms with van der Waals surface area (Å²) in [7, 11) is 0. The Morgan fingerprint density at radius 2 is 2.00 bits per heavy atom. The summed E-state index contributed by atoms with van der Waals surface area (Å²) in [5.41, 5.74) is 0. The highest BCUT2D eigenvalue weighted by Gasteiger charge is 2.29. The molecule has 0 amide bonds. The smallest absolute Gasteiger partial charge is 0.0223 e. The van der Waals surface area contributed by atoms with E-state index in [1.165, 1.54) is 64.6 Å². The molecular weight excluding hydrogens is 208 g/mol. The van der Waals surface area contributed by atoms with Crippen molar-refractivity contribution >= 4 is 0 Å². The molecule has 2 rings (SSSR count). The van der Waals surface area contributed by atoms with Gasteiger partial charge in [-0.05, 0) is 32.1 Å². The number of piperazine rings is 1. The van der Waals surface area contributed by atoms with E-state index in [2.05, 4.69) is 24.1 Å². The van der Waals surface area contributed by atoms with E-state index in [0.29, 0.717) is 0 Å². The third kappa shape index (κ3) is 3.69. The van der Waals surface area contributed by atoms with Gasteiger partial charge in [0.1, 0.15) is 0 Å². The van der Waals surface area contributed by atoms with Gasteiger partial charge in [-0.3, -0.25) is 4.90 Å². The summed E-state index contributed by atoms with van der Waals surface area (Å²) in [6, 6.07) is 1.57. The van der Waals surface area contributed by atoms with E-state index in [4.69, 9.17) is 0 Å². The summed E-state index contributed by atoms with van der Waals surface area (Å²) >= 11 is 0. The third-order valence-electron chi connectivity index (χ3n) is 4.79. The summed E-state index contributed by atoms with van der Waals surface area (Å²) in [4.78, 5) is 2.72. The second-order valence-corrected chi connectivity index (χ2v) is 6.09. The van der Waals surface area contributed by atoms with Crippen LogP contribution in [0.15, 0.2) is 0 Å². The zero-order valence-corrected chi connectivity index (χ0v) is 11.8. The van der Waals surface area contributed by atoms with Crippen LogP contribution in [0.2, 0.25) is 0 Å². The van der Waals surface area contributed by atoms with Gasteiger partial charge < -0.3 is 5.32 Å². The van der Waals surface area contributed by atoms with Crippen molar-refractivity contribution in [1.29, 1.82) is 0 Å². The lowest BCUT2D eigenvalue weighted by atomic mass is 9.83. The van der Waals surface area contributed by atoms with Crippen LogP contribution in [0.3, 0.4) is 0 Å². The molecule has 0 bridgehead atoms. The Hall–Kier alpha value is -0.0800. The van der Waals surface area contributed by atoms with Gasteiger partial charge in [0.25, 0.3) is 0 Å². The Bertz CT molecular complexity index is 211. The number of rotatable bonds is 4. The van der Waals surface area contributed by atoms with Gasteiger partial charge in [0.05, 0.1) is 0 Å². The average Bonchev–Trinajstić information content (AvgIpc) is 2.40. The van der Waals surface area contributed by atoms with E-state index in [0.717, 1.165) is 18.0 Å². The van der Waals surface area contributed by atoms with Gasteiger partial charge in [-0.25, -0.2) is 0 Å². The van der Waals surface area contributed by atoms with E-state index >= 15 is 0 Å². The molecule has 17 heavy (non-hydrogen) atoms. The van der Waals surface area contributed by atoms with Crippen molar-refractivity contribution in [2.24, 2.45) is 5.92 Å². The van der Waals surface area contributed by atoms with E-state index < -0.39 is 0 Å². The number of hydrogen-bond donors (Lipinski definition) is 1. The molecule has 2 unspecified atom stereocenters. The van der Waals surface area contributed by atoms with Crippen molar-refractivity contribution in [3.8, 4) is 0 Å². The highest BCUT2D eigenvalue weighted by molar-refractivity contribution is 4.87. The minimum Gasteiger partial charge on any atom is -0.311 e. The van der Waals surface area contributed by atoms with Gasteiger partial charge in [-0.2, -0.15) is 0 Å². The average molecular weight is 238 g/mol. The molecule has 2 fully saturated rings. The maximum absolute atomic E-state index is 3.77. The molecule has 0 aromatic heterocycles. The molecule has 1 heterocycles. The highest BCUT2D eigenvalue weighted by Crippen LogP contribution is 2.28. The van der Waals surface area contributed by atoms with Crippen LogP contribution in [0.4, 0.5) is 0 Å². The van der Waals surface area contributed by atoms with Crippen molar-refractivity contribution in [2.45, 2.75) is 70.9 Å². The molecule has 0 radical (unpaired) electrons. The minimum atomic E-state index is 0.781. The molecule has 1 saturated heterocycles. The van der Waals surface area contributed by atoms with Crippen LogP contribution in [-0.2, 0) is 0 Å². The van der Waals surface area contributed by atoms with Crippen LogP contribution < -0.4 is 5.32 Å². The lowest BCUT2D eigenvalue weighted by Crippen LogP contribution is -2.56. The van der Waals surface area contributed by atoms with Crippen molar-refractivity contribution in [3.63, 3.8) is 0 Å². The van der Waals surface area contributed by atoms with Gasteiger partial charge in [0.2, 0.25) is 0 Å². The molecule has 0 spiro atoms. The van der Waals surface area contributed by atoms with Gasteiger partial charge in [-0.1, -0.05) is 32.6 Å². The summed E-state index contributed by atoms with van der Waals surface area (Å²) in [6.07, 6.45) is 10.0. The Kier molecular flexibility index (Phi) is 5.30. The first kappa shape index (κ1) is 13.4. The number of nitrogens with one attached hydrogen (secondary N) is 1. The zero-order chi connectivity index (χ0) is 12.1. The second-order valence-electron chi connectivity index (χ2n) is 6.09. The van der Waals surface area contributed by atoms with Crippen LogP contribution in [-0.4, -0.2) is 36.6 Å². The van der Waals surface area contributed by atoms with Crippen LogP contribution in [0.25, 0.3) is 0 Å². The fourth-order valence-corrected chi connectivity index (χ4v) is 3.65. The number of hydrogen-bond acceptors (Lipinski definition) is 2. The van der Waals surface area contributed by atoms with E-state index in [1.54, 1.807) is 0 Å². The van der Waals surface area contributed by atoms with E-state index in [-0.39, 0.29) is 0 Å². The van der Waals surface area contributed by atoms with Crippen LogP contribution in [0, 0.1) is 5.92 Å². The molecule has 1 saturated carbocycles. The first-order chi connectivity index (χ1) is 8.31. The van der Waals surface area contributed by atoms with Gasteiger partial charge in [0.15, 0.2) is 0 Å². The van der Waals surface area contributed by atoms with Crippen LogP contribution in [0.1, 0.15) is 58.8 Å². The summed E-state index contributed by atoms with van der Waals surface area (Å²) in [6.45, 7) is 8.47. The molecule has 1 N–H and O–H groups in total. The predicted octanol–water partition coefficient (Wildman–Crippen LogP) is 3.03. The molecule has 0 aromatic rings. The van der Waals surface area contributed by atoms with Gasteiger partial charge >= 0.3 is 0 Å². The van der Waals surface area contributed by atoms with Crippen LogP contribution >= 0.6 is 0 Å². The third-order valence-corrected chi connectivity index (χ3v) is 4.79. The first-order valence-electron chi connectivity index (χ1n) is 7.78. The first-order valence-corrected chi connectivity index (χ1v) is 7.78. The lowest BCUT2D eigenvalue weighted by Gasteiger charge is -2.41. The van der Waals surface area contributed by atoms with Crippen molar-refractivity contribution in [3.05, 3.63) is 0 Å².